The molecule has 1 unspecified atom stereocenters. The molecule has 0 fully saturated rings. The number of halogens is 1. The van der Waals surface area contributed by atoms with Gasteiger partial charge in [-0.1, -0.05) is 11.6 Å². The average Bonchev–Trinajstić information content (AvgIpc) is 2.28. The molecule has 4 nitrogen and oxygen atoms in total. The second kappa shape index (κ2) is 5.76. The van der Waals surface area contributed by atoms with Gasteiger partial charge in [-0.15, -0.1) is 0 Å². The van der Waals surface area contributed by atoms with Gasteiger partial charge in [-0.05, 0) is 19.4 Å². The summed E-state index contributed by atoms with van der Waals surface area (Å²) in [5.74, 6) is 0.926. The maximum Gasteiger partial charge on any atom is 0.142 e. The standard InChI is InChI=1S/C12H15ClN2O2/c1-7(15)4-8-5-10(16-2)9(6-14)11(13)12(8)17-3/h5,7H,4,15H2,1-3H3. The minimum Gasteiger partial charge on any atom is -0.495 e. The van der Waals surface area contributed by atoms with Gasteiger partial charge in [0.15, 0.2) is 0 Å². The molecule has 1 aromatic rings. The van der Waals surface area contributed by atoms with E-state index in [1.807, 2.05) is 13.0 Å². The van der Waals surface area contributed by atoms with E-state index < -0.39 is 0 Å². The Morgan fingerprint density at radius 3 is 2.53 bits per heavy atom. The molecule has 92 valence electrons. The van der Waals surface area contributed by atoms with Crippen molar-refractivity contribution in [1.82, 2.24) is 0 Å². The Balaban J connectivity index is 3.41. The summed E-state index contributed by atoms with van der Waals surface area (Å²) in [5, 5.41) is 9.30. The van der Waals surface area contributed by atoms with Gasteiger partial charge in [0.2, 0.25) is 0 Å². The zero-order valence-corrected chi connectivity index (χ0v) is 10.8. The quantitative estimate of drug-likeness (QED) is 0.894. The Labute approximate surface area is 106 Å². The first-order valence-corrected chi connectivity index (χ1v) is 5.52. The lowest BCUT2D eigenvalue weighted by atomic mass is 10.0. The fraction of sp³-hybridized carbons (Fsp3) is 0.417. The molecule has 17 heavy (non-hydrogen) atoms. The zero-order valence-electron chi connectivity index (χ0n) is 10.1. The van der Waals surface area contributed by atoms with Crippen LogP contribution in [0.2, 0.25) is 5.02 Å². The Bertz CT molecular complexity index is 453. The van der Waals surface area contributed by atoms with E-state index in [0.717, 1.165) is 5.56 Å². The fourth-order valence-electron chi connectivity index (χ4n) is 1.64. The van der Waals surface area contributed by atoms with Crippen molar-refractivity contribution in [2.75, 3.05) is 14.2 Å². The van der Waals surface area contributed by atoms with Crippen molar-refractivity contribution in [1.29, 1.82) is 5.26 Å². The normalized spacial score (nSPS) is 11.8. The van der Waals surface area contributed by atoms with Crippen molar-refractivity contribution in [2.45, 2.75) is 19.4 Å². The van der Waals surface area contributed by atoms with Crippen LogP contribution in [0.15, 0.2) is 6.07 Å². The van der Waals surface area contributed by atoms with E-state index in [0.29, 0.717) is 17.9 Å². The first kappa shape index (κ1) is 13.6. The van der Waals surface area contributed by atoms with E-state index >= 15 is 0 Å². The van der Waals surface area contributed by atoms with Gasteiger partial charge < -0.3 is 15.2 Å². The largest absolute Gasteiger partial charge is 0.495 e. The van der Waals surface area contributed by atoms with Crippen LogP contribution in [0.5, 0.6) is 11.5 Å². The van der Waals surface area contributed by atoms with Crippen molar-refractivity contribution >= 4 is 11.6 Å². The number of rotatable bonds is 4. The summed E-state index contributed by atoms with van der Waals surface area (Å²) in [4.78, 5) is 0. The Kier molecular flexibility index (Phi) is 4.62. The third-order valence-corrected chi connectivity index (χ3v) is 2.70. The third kappa shape index (κ3) is 2.82. The maximum atomic E-state index is 9.03. The van der Waals surface area contributed by atoms with Crippen molar-refractivity contribution in [3.63, 3.8) is 0 Å². The minimum atomic E-state index is -0.0300. The van der Waals surface area contributed by atoms with E-state index in [-0.39, 0.29) is 16.6 Å². The molecule has 0 radical (unpaired) electrons. The zero-order chi connectivity index (χ0) is 13.0. The molecule has 1 rings (SSSR count). The molecule has 0 aliphatic rings. The predicted octanol–water partition coefficient (Wildman–Crippen LogP) is 2.12. The molecule has 0 saturated carbocycles. The number of nitrogens with zero attached hydrogens (tertiary/aromatic N) is 1. The van der Waals surface area contributed by atoms with Gasteiger partial charge in [-0.25, -0.2) is 0 Å². The number of hydrogen-bond acceptors (Lipinski definition) is 4. The molecular weight excluding hydrogens is 240 g/mol. The topological polar surface area (TPSA) is 68.3 Å². The number of hydrogen-bond donors (Lipinski definition) is 1. The molecule has 1 aromatic carbocycles. The molecular formula is C12H15ClN2O2. The summed E-state index contributed by atoms with van der Waals surface area (Å²) >= 11 is 6.11. The van der Waals surface area contributed by atoms with Crippen LogP contribution < -0.4 is 15.2 Å². The predicted molar refractivity (Wildman–Crippen MR) is 66.6 cm³/mol. The van der Waals surface area contributed by atoms with Gasteiger partial charge in [0.25, 0.3) is 0 Å². The van der Waals surface area contributed by atoms with Crippen LogP contribution >= 0.6 is 11.6 Å². The number of methoxy groups -OCH3 is 2. The van der Waals surface area contributed by atoms with Crippen LogP contribution in [0, 0.1) is 11.3 Å². The second-order valence-electron chi connectivity index (χ2n) is 3.75. The van der Waals surface area contributed by atoms with Crippen molar-refractivity contribution < 1.29 is 9.47 Å². The molecule has 0 aliphatic carbocycles. The average molecular weight is 255 g/mol. The lowest BCUT2D eigenvalue weighted by molar-refractivity contribution is 0.397. The number of benzene rings is 1. The molecule has 2 N–H and O–H groups in total. The molecule has 0 aromatic heterocycles. The highest BCUT2D eigenvalue weighted by Gasteiger charge is 2.18. The first-order chi connectivity index (χ1) is 8.04. The lowest BCUT2D eigenvalue weighted by Gasteiger charge is -2.15. The van der Waals surface area contributed by atoms with Crippen LogP contribution in [0.3, 0.4) is 0 Å². The third-order valence-electron chi connectivity index (χ3n) is 2.34. The number of nitriles is 1. The fourth-order valence-corrected chi connectivity index (χ4v) is 1.98. The van der Waals surface area contributed by atoms with Gasteiger partial charge >= 0.3 is 0 Å². The van der Waals surface area contributed by atoms with Gasteiger partial charge in [-0.2, -0.15) is 5.26 Å². The van der Waals surface area contributed by atoms with E-state index in [9.17, 15) is 0 Å². The molecule has 0 saturated heterocycles. The number of nitrogens with two attached hydrogens (primary N) is 1. The van der Waals surface area contributed by atoms with E-state index in [2.05, 4.69) is 0 Å². The van der Waals surface area contributed by atoms with Crippen LogP contribution in [-0.2, 0) is 6.42 Å². The lowest BCUT2D eigenvalue weighted by Crippen LogP contribution is -2.18. The number of ether oxygens (including phenoxy) is 2. The van der Waals surface area contributed by atoms with Gasteiger partial charge in [0, 0.05) is 11.6 Å². The van der Waals surface area contributed by atoms with Gasteiger partial charge in [-0.3, -0.25) is 0 Å². The summed E-state index contributed by atoms with van der Waals surface area (Å²) in [6, 6.07) is 3.71. The molecule has 0 aliphatic heterocycles. The van der Waals surface area contributed by atoms with Gasteiger partial charge in [0.05, 0.1) is 14.2 Å². The van der Waals surface area contributed by atoms with Crippen LogP contribution in [0.25, 0.3) is 0 Å². The molecule has 0 bridgehead atoms. The van der Waals surface area contributed by atoms with E-state index in [1.165, 1.54) is 14.2 Å². The summed E-state index contributed by atoms with van der Waals surface area (Å²) in [6.07, 6.45) is 0.602. The summed E-state index contributed by atoms with van der Waals surface area (Å²) in [5.41, 5.74) is 6.87. The van der Waals surface area contributed by atoms with E-state index in [1.54, 1.807) is 6.07 Å². The molecule has 5 heteroatoms. The highest BCUT2D eigenvalue weighted by molar-refractivity contribution is 6.33. The van der Waals surface area contributed by atoms with Crippen molar-refractivity contribution in [3.05, 3.63) is 22.2 Å². The summed E-state index contributed by atoms with van der Waals surface area (Å²) < 4.78 is 10.4. The summed E-state index contributed by atoms with van der Waals surface area (Å²) in [6.45, 7) is 1.89. The Morgan fingerprint density at radius 2 is 2.12 bits per heavy atom. The Morgan fingerprint density at radius 1 is 1.47 bits per heavy atom. The molecule has 0 spiro atoms. The van der Waals surface area contributed by atoms with Crippen LogP contribution in [0.4, 0.5) is 0 Å². The van der Waals surface area contributed by atoms with Crippen molar-refractivity contribution in [2.24, 2.45) is 5.73 Å². The molecule has 0 heterocycles. The minimum absolute atomic E-state index is 0.0300. The highest BCUT2D eigenvalue weighted by Crippen LogP contribution is 2.38. The van der Waals surface area contributed by atoms with Crippen LogP contribution in [-0.4, -0.2) is 20.3 Å². The van der Waals surface area contributed by atoms with Crippen molar-refractivity contribution in [3.8, 4) is 17.6 Å². The smallest absolute Gasteiger partial charge is 0.142 e. The van der Waals surface area contributed by atoms with Crippen LogP contribution in [0.1, 0.15) is 18.1 Å². The highest BCUT2D eigenvalue weighted by atomic mass is 35.5. The maximum absolute atomic E-state index is 9.03. The molecule has 1 atom stereocenters. The Hall–Kier alpha value is -1.44. The van der Waals surface area contributed by atoms with E-state index in [4.69, 9.17) is 32.1 Å². The first-order valence-electron chi connectivity index (χ1n) is 5.14. The summed E-state index contributed by atoms with van der Waals surface area (Å²) in [7, 11) is 3.01. The SMILES string of the molecule is COc1cc(CC(C)N)c(OC)c(Cl)c1C#N. The molecule has 0 amide bonds. The second-order valence-corrected chi connectivity index (χ2v) is 4.13. The monoisotopic (exact) mass is 254 g/mol. The van der Waals surface area contributed by atoms with Gasteiger partial charge in [0.1, 0.15) is 28.2 Å².